The van der Waals surface area contributed by atoms with Crippen molar-refractivity contribution in [2.45, 2.75) is 205 Å². The number of unbranched alkanes of at least 4 members (excludes halogenated alkanes) is 10. The molecule has 0 saturated carbocycles. The van der Waals surface area contributed by atoms with Crippen LogP contribution in [0.5, 0.6) is 0 Å². The minimum atomic E-state index is -5.15. The summed E-state index contributed by atoms with van der Waals surface area (Å²) in [6.07, 6.45) is -61.2. The summed E-state index contributed by atoms with van der Waals surface area (Å²) in [6.45, 7) is -2.13. The van der Waals surface area contributed by atoms with E-state index in [1.165, 1.54) is 0 Å². The zero-order valence-corrected chi connectivity index (χ0v) is 22.4. The molecular weight excluding hydrogens is 472 g/mol. The van der Waals surface area contributed by atoms with Crippen LogP contribution in [0, 0.1) is 0 Å². The van der Waals surface area contributed by atoms with Crippen molar-refractivity contribution < 1.29 is 61.9 Å². The van der Waals surface area contributed by atoms with Gasteiger partial charge in [-0.2, -0.15) is 0 Å². The van der Waals surface area contributed by atoms with E-state index in [0.29, 0.717) is 51.4 Å². The molecule has 0 aromatic carbocycles. The monoisotopic (exact) mass is 570 g/mol. The third-order valence-electron chi connectivity index (χ3n) is 5.23. The average molecular weight is 570 g/mol. The number of hydrogen-bond donors (Lipinski definition) is 1. The summed E-state index contributed by atoms with van der Waals surface area (Å²) in [5.41, 5.74) is 0. The Balaban J connectivity index is 7.16. The molecule has 0 aliphatic rings. The fraction of sp³-hybridized carbons (Fsp3) is 0.941. The van der Waals surface area contributed by atoms with Gasteiger partial charge in [0.05, 0.1) is 0 Å². The van der Waals surface area contributed by atoms with Crippen LogP contribution in [0.4, 0.5) is 0 Å². The largest absolute Gasteiger partial charge is 0.481 e. The molecule has 4 heteroatoms. The molecule has 0 aromatic rings. The average Bonchev–Trinajstić information content (AvgIpc) is 3.18. The van der Waals surface area contributed by atoms with Crippen LogP contribution in [-0.2, 0) is 14.3 Å². The fourth-order valence-electron chi connectivity index (χ4n) is 3.38. The van der Waals surface area contributed by atoms with E-state index in [4.69, 9.17) is 52.3 Å². The number of carboxylic acid groups (broad SMARTS) is 1. The second kappa shape index (κ2) is 30.5. The Morgan fingerprint density at radius 3 is 1.61 bits per heavy atom. The van der Waals surface area contributed by atoms with Crippen LogP contribution < -0.4 is 0 Å². The number of carbonyl (C=O) groups is 2. The van der Waals surface area contributed by atoms with Crippen molar-refractivity contribution in [1.82, 2.24) is 0 Å². The molecule has 1 unspecified atom stereocenters. The molecule has 0 aliphatic heterocycles. The van der Waals surface area contributed by atoms with Gasteiger partial charge in [0, 0.05) is 55.3 Å². The third-order valence-corrected chi connectivity index (χ3v) is 5.23. The van der Waals surface area contributed by atoms with Gasteiger partial charge in [-0.1, -0.05) is 148 Å². The van der Waals surface area contributed by atoms with E-state index >= 15 is 0 Å². The van der Waals surface area contributed by atoms with E-state index < -0.39 is 114 Å². The Bertz CT molecular complexity index is 1690. The molecule has 226 valence electrons. The molecule has 1 N–H and O–H groups in total. The van der Waals surface area contributed by atoms with E-state index in [-0.39, 0.29) is 19.3 Å². The van der Waals surface area contributed by atoms with Gasteiger partial charge in [0.25, 0.3) is 0 Å². The first-order valence-electron chi connectivity index (χ1n) is 28.7. The third kappa shape index (κ3) is 29.5. The molecule has 0 bridgehead atoms. The van der Waals surface area contributed by atoms with Crippen LogP contribution >= 0.6 is 0 Å². The van der Waals surface area contributed by atoms with Gasteiger partial charge >= 0.3 is 11.9 Å². The highest BCUT2D eigenvalue weighted by atomic mass is 16.5. The van der Waals surface area contributed by atoms with Gasteiger partial charge < -0.3 is 9.84 Å². The molecule has 0 saturated heterocycles. The van der Waals surface area contributed by atoms with Crippen molar-refractivity contribution in [1.29, 1.82) is 0 Å². The maximum atomic E-state index is 13.5. The Morgan fingerprint density at radius 2 is 1.11 bits per heavy atom. The van der Waals surface area contributed by atoms with Gasteiger partial charge in [0.1, 0.15) is 6.10 Å². The summed E-state index contributed by atoms with van der Waals surface area (Å²) in [5.74, 6) is -3.05. The van der Waals surface area contributed by atoms with Gasteiger partial charge in [-0.25, -0.2) is 0 Å². The van der Waals surface area contributed by atoms with Gasteiger partial charge in [0.15, 0.2) is 0 Å². The predicted molar refractivity (Wildman–Crippen MR) is 163 cm³/mol. The molecule has 4 nitrogen and oxygen atoms in total. The Hall–Kier alpha value is -1.06. The molecule has 0 radical (unpaired) electrons. The minimum Gasteiger partial charge on any atom is -0.481 e. The second-order valence-electron chi connectivity index (χ2n) is 8.39. The second-order valence-corrected chi connectivity index (χ2v) is 8.39. The molecule has 0 aliphatic carbocycles. The quantitative estimate of drug-likeness (QED) is 0.0666. The molecule has 0 rings (SSSR count). The topological polar surface area (TPSA) is 63.6 Å². The highest BCUT2D eigenvalue weighted by Crippen LogP contribution is 2.19. The smallest absolute Gasteiger partial charge is 0.306 e. The van der Waals surface area contributed by atoms with Gasteiger partial charge in [-0.15, -0.1) is 0 Å². The highest BCUT2D eigenvalue weighted by molar-refractivity contribution is 5.69. The lowest BCUT2D eigenvalue weighted by atomic mass is 10.0. The summed E-state index contributed by atoms with van der Waals surface area (Å²) in [5, 5.41) is 8.81. The predicted octanol–water partition coefficient (Wildman–Crippen LogP) is 11.3. The van der Waals surface area contributed by atoms with E-state index in [1.807, 2.05) is 6.92 Å². The number of esters is 1. The Morgan fingerprint density at radius 1 is 0.658 bits per heavy atom. The van der Waals surface area contributed by atoms with E-state index in [1.54, 1.807) is 0 Å². The molecule has 0 fully saturated rings. The van der Waals surface area contributed by atoms with Crippen molar-refractivity contribution in [2.75, 3.05) is 0 Å². The van der Waals surface area contributed by atoms with Crippen LogP contribution in [0.15, 0.2) is 0 Å². The van der Waals surface area contributed by atoms with Crippen LogP contribution in [0.1, 0.15) is 242 Å². The molecule has 0 aromatic heterocycles. The Kier molecular flexibility index (Phi) is 8.54. The van der Waals surface area contributed by atoms with Crippen molar-refractivity contribution in [3.63, 3.8) is 0 Å². The van der Waals surface area contributed by atoms with Crippen molar-refractivity contribution in [3.8, 4) is 0 Å². The summed E-state index contributed by atoms with van der Waals surface area (Å²) in [6, 6.07) is 0. The fourth-order valence-corrected chi connectivity index (χ4v) is 3.38. The zero-order chi connectivity index (χ0) is 55.5. The number of carboxylic acids is 1. The first kappa shape index (κ1) is 10.6. The normalized spacial score (nSPS) is 29.8. The number of carbonyl (C=O) groups excluding carboxylic acids is 1. The Labute approximate surface area is 281 Å². The highest BCUT2D eigenvalue weighted by Gasteiger charge is 2.14. The van der Waals surface area contributed by atoms with Crippen molar-refractivity contribution >= 4 is 11.9 Å². The lowest BCUT2D eigenvalue weighted by molar-refractivity contribution is -0.150. The molecule has 0 heterocycles. The van der Waals surface area contributed by atoms with Crippen LogP contribution in [0.2, 0.25) is 0 Å². The van der Waals surface area contributed by atoms with Gasteiger partial charge in [0.2, 0.25) is 0 Å². The SMILES string of the molecule is [2H]C([2H])([2H])C([2H])([2H])C([2H])([2H])C([2H])([2H])C([2H])([2H])C([2H])([2H])C([2H])([2H])C([2H])([2H])C([2H])([2H])C([2H])([2H])C([2H])([2H])C([2H])([2H])C([2H])([2H])C([2H])([2H])C([2H])([2H])C(=O)OC(CCCCCCCC)CCCCCCCCC(=O)O. The zero-order valence-electron chi connectivity index (χ0n) is 53.4. The molecule has 1 atom stereocenters. The first-order chi connectivity index (χ1) is 30.3. The molecule has 0 amide bonds. The summed E-state index contributed by atoms with van der Waals surface area (Å²) >= 11 is 0. The van der Waals surface area contributed by atoms with Crippen molar-refractivity contribution in [2.24, 2.45) is 0 Å². The van der Waals surface area contributed by atoms with Crippen molar-refractivity contribution in [3.05, 3.63) is 0 Å². The lowest BCUT2D eigenvalue weighted by Crippen LogP contribution is -2.18. The van der Waals surface area contributed by atoms with E-state index in [9.17, 15) is 9.59 Å². The van der Waals surface area contributed by atoms with E-state index in [2.05, 4.69) is 0 Å². The molecular formula is C34H66O4. The number of hydrogen-bond acceptors (Lipinski definition) is 3. The first-order valence-corrected chi connectivity index (χ1v) is 13.2. The van der Waals surface area contributed by atoms with Gasteiger partial charge in [-0.05, 0) is 38.5 Å². The summed E-state index contributed by atoms with van der Waals surface area (Å²) < 4.78 is 260. The van der Waals surface area contributed by atoms with E-state index in [0.717, 1.165) is 25.7 Å². The lowest BCUT2D eigenvalue weighted by Gasteiger charge is -2.18. The molecule has 0 spiro atoms. The molecule has 38 heavy (non-hydrogen) atoms. The maximum absolute atomic E-state index is 13.5. The standard InChI is InChI=1S/C34H66O4/c1-3-5-7-9-11-12-13-14-15-16-17-23-27-31-34(37)38-32(28-24-20-10-8-6-4-2)29-25-21-18-19-22-26-30-33(35)36/h32H,3-31H2,1-2H3,(H,35,36)/i1D3,3D2,5D2,7D2,9D2,11D2,12D2,13D2,14D2,15D2,16D2,17D2,23D2,27D2,31D2. The van der Waals surface area contributed by atoms with Gasteiger partial charge in [-0.3, -0.25) is 9.59 Å². The van der Waals surface area contributed by atoms with Crippen LogP contribution in [0.3, 0.4) is 0 Å². The summed E-state index contributed by atoms with van der Waals surface area (Å²) in [7, 11) is 0. The van der Waals surface area contributed by atoms with Crippen LogP contribution in [0.25, 0.3) is 0 Å². The van der Waals surface area contributed by atoms with Crippen LogP contribution in [-0.4, -0.2) is 23.1 Å². The number of ether oxygens (including phenoxy) is 1. The maximum Gasteiger partial charge on any atom is 0.306 e. The minimum absolute atomic E-state index is 0.00972. The number of aliphatic carboxylic acids is 1. The number of rotatable bonds is 31. The summed E-state index contributed by atoms with van der Waals surface area (Å²) in [4.78, 5) is 24.3.